The molecule has 1 N–H and O–H groups in total. The van der Waals surface area contributed by atoms with E-state index in [1.807, 2.05) is 18.5 Å². The summed E-state index contributed by atoms with van der Waals surface area (Å²) in [6.07, 6.45) is 0. The Morgan fingerprint density at radius 1 is 1.61 bits per heavy atom. The molecule has 0 bridgehead atoms. The van der Waals surface area contributed by atoms with Gasteiger partial charge in [0.2, 0.25) is 0 Å². The second-order valence-electron chi connectivity index (χ2n) is 3.78. The average molecular weight is 294 g/mol. The van der Waals surface area contributed by atoms with Gasteiger partial charge in [0, 0.05) is 19.6 Å². The smallest absolute Gasteiger partial charge is 0.325 e. The van der Waals surface area contributed by atoms with Crippen molar-refractivity contribution in [1.29, 1.82) is 0 Å². The van der Waals surface area contributed by atoms with Gasteiger partial charge in [-0.25, -0.2) is 0 Å². The molecule has 0 saturated carbocycles. The molecule has 0 radical (unpaired) electrons. The van der Waals surface area contributed by atoms with Crippen LogP contribution < -0.4 is 5.32 Å². The molecule has 0 saturated heterocycles. The van der Waals surface area contributed by atoms with Gasteiger partial charge in [-0.05, 0) is 13.8 Å². The van der Waals surface area contributed by atoms with Crippen LogP contribution in [0.3, 0.4) is 0 Å². The van der Waals surface area contributed by atoms with Gasteiger partial charge in [0.15, 0.2) is 0 Å². The highest BCUT2D eigenvalue weighted by Crippen LogP contribution is 2.19. The molecule has 0 spiro atoms. The molecule has 0 aliphatic heterocycles. The Balaban J connectivity index is 2.56. The predicted molar refractivity (Wildman–Crippen MR) is 71.0 cm³/mol. The van der Waals surface area contributed by atoms with E-state index in [2.05, 4.69) is 15.2 Å². The van der Waals surface area contributed by atoms with Crippen molar-refractivity contribution in [3.8, 4) is 0 Å². The minimum absolute atomic E-state index is 0.318. The van der Waals surface area contributed by atoms with Crippen molar-refractivity contribution in [2.24, 2.45) is 0 Å². The van der Waals surface area contributed by atoms with E-state index in [9.17, 15) is 4.79 Å². The van der Waals surface area contributed by atoms with E-state index >= 15 is 0 Å². The first-order chi connectivity index (χ1) is 8.51. The quantitative estimate of drug-likeness (QED) is 0.641. The number of esters is 1. The van der Waals surface area contributed by atoms with Gasteiger partial charge in [-0.1, -0.05) is 11.6 Å². The fourth-order valence-corrected chi connectivity index (χ4v) is 1.97. The number of hydrogen-bond donors (Lipinski definition) is 1. The Labute approximate surface area is 116 Å². The van der Waals surface area contributed by atoms with Crippen LogP contribution in [-0.4, -0.2) is 34.8 Å². The molecule has 102 valence electrons. The Hall–Kier alpha value is -0.780. The van der Waals surface area contributed by atoms with Crippen LogP contribution in [0.4, 0.5) is 0 Å². The van der Waals surface area contributed by atoms with Crippen LogP contribution in [0.5, 0.6) is 0 Å². The second kappa shape index (κ2) is 6.97. The lowest BCUT2D eigenvalue weighted by atomic mass is 10.3. The van der Waals surface area contributed by atoms with Crippen molar-refractivity contribution in [1.82, 2.24) is 15.1 Å². The number of hydrogen-bond acceptors (Lipinski definition) is 4. The van der Waals surface area contributed by atoms with Crippen LogP contribution in [0.25, 0.3) is 0 Å². The van der Waals surface area contributed by atoms with Gasteiger partial charge in [0.05, 0.1) is 23.5 Å². The SMILES string of the molecule is CCn1nc(C)c(Cl)c1CNCC(Cl)C(=O)OC. The third kappa shape index (κ3) is 3.60. The number of nitrogens with zero attached hydrogens (tertiary/aromatic N) is 2. The summed E-state index contributed by atoms with van der Waals surface area (Å²) < 4.78 is 6.36. The zero-order valence-corrected chi connectivity index (χ0v) is 12.2. The lowest BCUT2D eigenvalue weighted by molar-refractivity contribution is -0.140. The number of methoxy groups -OCH3 is 1. The van der Waals surface area contributed by atoms with Gasteiger partial charge in [-0.15, -0.1) is 11.6 Å². The maximum atomic E-state index is 11.1. The number of aryl methyl sites for hydroxylation is 2. The summed E-state index contributed by atoms with van der Waals surface area (Å²) in [6, 6.07) is 0. The van der Waals surface area contributed by atoms with Gasteiger partial charge in [0.25, 0.3) is 0 Å². The third-order valence-corrected chi connectivity index (χ3v) is 3.35. The summed E-state index contributed by atoms with van der Waals surface area (Å²) in [5.41, 5.74) is 1.69. The van der Waals surface area contributed by atoms with Crippen LogP contribution in [0.1, 0.15) is 18.3 Å². The molecule has 0 aromatic carbocycles. The Kier molecular flexibility index (Phi) is 5.91. The minimum Gasteiger partial charge on any atom is -0.468 e. The summed E-state index contributed by atoms with van der Waals surface area (Å²) in [6.45, 7) is 5.42. The topological polar surface area (TPSA) is 56.2 Å². The second-order valence-corrected chi connectivity index (χ2v) is 4.69. The molecule has 0 aliphatic rings. The predicted octanol–water partition coefficient (Wildman–Crippen LogP) is 1.73. The highest BCUT2D eigenvalue weighted by atomic mass is 35.5. The van der Waals surface area contributed by atoms with E-state index in [0.717, 1.165) is 17.9 Å². The monoisotopic (exact) mass is 293 g/mol. The number of aromatic nitrogens is 2. The fraction of sp³-hybridized carbons (Fsp3) is 0.636. The van der Waals surface area contributed by atoms with Crippen molar-refractivity contribution < 1.29 is 9.53 Å². The Morgan fingerprint density at radius 3 is 2.83 bits per heavy atom. The van der Waals surface area contributed by atoms with Crippen LogP contribution >= 0.6 is 23.2 Å². The van der Waals surface area contributed by atoms with Gasteiger partial charge >= 0.3 is 5.97 Å². The molecule has 1 aromatic heterocycles. The minimum atomic E-state index is -0.701. The standard InChI is InChI=1S/C11H17Cl2N3O2/c1-4-16-9(10(13)7(2)15-16)6-14-5-8(12)11(17)18-3/h8,14H,4-6H2,1-3H3. The van der Waals surface area contributed by atoms with Crippen molar-refractivity contribution in [2.75, 3.05) is 13.7 Å². The zero-order valence-electron chi connectivity index (χ0n) is 10.7. The molecule has 1 heterocycles. The van der Waals surface area contributed by atoms with Crippen molar-refractivity contribution in [3.05, 3.63) is 16.4 Å². The zero-order chi connectivity index (χ0) is 13.7. The van der Waals surface area contributed by atoms with Crippen molar-refractivity contribution in [2.45, 2.75) is 32.3 Å². The lowest BCUT2D eigenvalue weighted by Crippen LogP contribution is -2.30. The lowest BCUT2D eigenvalue weighted by Gasteiger charge is -2.10. The molecule has 1 rings (SSSR count). The van der Waals surface area contributed by atoms with E-state index < -0.39 is 11.3 Å². The van der Waals surface area contributed by atoms with E-state index in [-0.39, 0.29) is 0 Å². The first-order valence-electron chi connectivity index (χ1n) is 5.65. The number of carbonyl (C=O) groups excluding carboxylic acids is 1. The van der Waals surface area contributed by atoms with E-state index in [4.69, 9.17) is 23.2 Å². The molecular formula is C11H17Cl2N3O2. The van der Waals surface area contributed by atoms with Crippen LogP contribution in [0.2, 0.25) is 5.02 Å². The van der Waals surface area contributed by atoms with Crippen molar-refractivity contribution in [3.63, 3.8) is 0 Å². The third-order valence-electron chi connectivity index (χ3n) is 2.53. The number of halogens is 2. The summed E-state index contributed by atoms with van der Waals surface area (Å²) in [5.74, 6) is -0.449. The maximum Gasteiger partial charge on any atom is 0.325 e. The number of rotatable bonds is 6. The first-order valence-corrected chi connectivity index (χ1v) is 6.47. The number of alkyl halides is 1. The van der Waals surface area contributed by atoms with Crippen LogP contribution in [0.15, 0.2) is 0 Å². The van der Waals surface area contributed by atoms with E-state index in [1.165, 1.54) is 7.11 Å². The molecule has 0 fully saturated rings. The molecular weight excluding hydrogens is 277 g/mol. The van der Waals surface area contributed by atoms with Crippen molar-refractivity contribution >= 4 is 29.2 Å². The molecule has 0 aliphatic carbocycles. The van der Waals surface area contributed by atoms with Crippen LogP contribution in [-0.2, 0) is 22.6 Å². The molecule has 1 aromatic rings. The summed E-state index contributed by atoms with van der Waals surface area (Å²) >= 11 is 12.0. The Morgan fingerprint density at radius 2 is 2.28 bits per heavy atom. The first kappa shape index (κ1) is 15.3. The van der Waals surface area contributed by atoms with E-state index in [1.54, 1.807) is 0 Å². The summed E-state index contributed by atoms with van der Waals surface area (Å²) in [5, 5.41) is 7.31. The number of nitrogens with one attached hydrogen (secondary N) is 1. The normalized spacial score (nSPS) is 12.5. The highest BCUT2D eigenvalue weighted by molar-refractivity contribution is 6.31. The molecule has 7 heteroatoms. The van der Waals surface area contributed by atoms with Gasteiger partial charge < -0.3 is 10.1 Å². The molecule has 5 nitrogen and oxygen atoms in total. The highest BCUT2D eigenvalue weighted by Gasteiger charge is 2.16. The van der Waals surface area contributed by atoms with E-state index in [0.29, 0.717) is 18.1 Å². The van der Waals surface area contributed by atoms with Gasteiger partial charge in [0.1, 0.15) is 5.38 Å². The Bertz CT molecular complexity index is 421. The number of carbonyl (C=O) groups is 1. The largest absolute Gasteiger partial charge is 0.468 e. The summed E-state index contributed by atoms with van der Waals surface area (Å²) in [7, 11) is 1.31. The maximum absolute atomic E-state index is 11.1. The molecule has 0 amide bonds. The number of ether oxygens (including phenoxy) is 1. The van der Waals surface area contributed by atoms with Gasteiger partial charge in [-0.3, -0.25) is 9.48 Å². The molecule has 1 unspecified atom stereocenters. The molecule has 1 atom stereocenters. The average Bonchev–Trinajstić information content (AvgIpc) is 2.65. The van der Waals surface area contributed by atoms with Gasteiger partial charge in [-0.2, -0.15) is 5.10 Å². The fourth-order valence-electron chi connectivity index (χ4n) is 1.57. The molecule has 18 heavy (non-hydrogen) atoms. The summed E-state index contributed by atoms with van der Waals surface area (Å²) in [4.78, 5) is 11.1. The van der Waals surface area contributed by atoms with Crippen LogP contribution in [0, 0.1) is 6.92 Å².